The summed E-state index contributed by atoms with van der Waals surface area (Å²) in [5, 5.41) is 2.59. The molecule has 0 aromatic heterocycles. The van der Waals surface area contributed by atoms with Gasteiger partial charge in [-0.25, -0.2) is 10.2 Å². The Bertz CT molecular complexity index is 717. The molecule has 0 aliphatic heterocycles. The number of anilines is 1. The predicted molar refractivity (Wildman–Crippen MR) is 92.7 cm³/mol. The lowest BCUT2D eigenvalue weighted by atomic mass is 10.1. The summed E-state index contributed by atoms with van der Waals surface area (Å²) in [7, 11) is 0. The highest BCUT2D eigenvalue weighted by Crippen LogP contribution is 2.17. The summed E-state index contributed by atoms with van der Waals surface area (Å²) < 4.78 is 5.58. The fraction of sp³-hybridized carbons (Fsp3) is 0.222. The van der Waals surface area contributed by atoms with Crippen molar-refractivity contribution in [2.45, 2.75) is 26.9 Å². The first-order valence-corrected chi connectivity index (χ1v) is 7.61. The van der Waals surface area contributed by atoms with Crippen LogP contribution in [0, 0.1) is 13.8 Å². The van der Waals surface area contributed by atoms with Gasteiger partial charge in [-0.1, -0.05) is 24.3 Å². The van der Waals surface area contributed by atoms with Crippen molar-refractivity contribution in [1.29, 1.82) is 0 Å². The van der Waals surface area contributed by atoms with E-state index in [2.05, 4.69) is 16.2 Å². The number of hydrazine groups is 1. The zero-order valence-electron chi connectivity index (χ0n) is 13.9. The normalized spacial score (nSPS) is 11.3. The molecule has 1 unspecified atom stereocenters. The number of aryl methyl sites for hydroxylation is 2. The van der Waals surface area contributed by atoms with Gasteiger partial charge in [0.05, 0.1) is 0 Å². The molecule has 6 heteroatoms. The Morgan fingerprint density at radius 1 is 0.958 bits per heavy atom. The minimum atomic E-state index is -0.746. The largest absolute Gasteiger partial charge is 0.481 e. The second-order valence-corrected chi connectivity index (χ2v) is 5.44. The second-order valence-electron chi connectivity index (χ2n) is 5.44. The van der Waals surface area contributed by atoms with Crippen molar-refractivity contribution < 1.29 is 14.3 Å². The van der Waals surface area contributed by atoms with Crippen LogP contribution in [0.3, 0.4) is 0 Å². The van der Waals surface area contributed by atoms with Crippen LogP contribution in [0.5, 0.6) is 5.75 Å². The third-order valence-electron chi connectivity index (χ3n) is 3.49. The maximum absolute atomic E-state index is 12.0. The Hall–Kier alpha value is -3.02. The molecule has 2 aromatic rings. The number of hydrogen-bond donors (Lipinski definition) is 3. The molecule has 126 valence electrons. The van der Waals surface area contributed by atoms with Crippen LogP contribution in [0.25, 0.3) is 0 Å². The molecule has 2 rings (SSSR count). The SMILES string of the molecule is Cc1ccc(OC(C)C(=O)NNC(=O)Nc2ccccc2)cc1C. The van der Waals surface area contributed by atoms with E-state index in [-0.39, 0.29) is 0 Å². The Kier molecular flexibility index (Phi) is 5.78. The quantitative estimate of drug-likeness (QED) is 0.755. The zero-order valence-corrected chi connectivity index (χ0v) is 13.9. The molecule has 1 atom stereocenters. The number of urea groups is 1. The van der Waals surface area contributed by atoms with Gasteiger partial charge in [0, 0.05) is 5.69 Å². The molecule has 0 bridgehead atoms. The van der Waals surface area contributed by atoms with Gasteiger partial charge in [-0.2, -0.15) is 0 Å². The summed E-state index contributed by atoms with van der Waals surface area (Å²) >= 11 is 0. The highest BCUT2D eigenvalue weighted by Gasteiger charge is 2.15. The van der Waals surface area contributed by atoms with Crippen LogP contribution in [0.15, 0.2) is 48.5 Å². The molecule has 0 saturated heterocycles. The number of ether oxygens (including phenoxy) is 1. The smallest absolute Gasteiger partial charge is 0.337 e. The van der Waals surface area contributed by atoms with E-state index in [9.17, 15) is 9.59 Å². The number of amides is 3. The van der Waals surface area contributed by atoms with Crippen LogP contribution in [-0.2, 0) is 4.79 Å². The van der Waals surface area contributed by atoms with Crippen LogP contribution in [0.2, 0.25) is 0 Å². The van der Waals surface area contributed by atoms with Gasteiger partial charge >= 0.3 is 6.03 Å². The number of hydrogen-bond acceptors (Lipinski definition) is 3. The van der Waals surface area contributed by atoms with Crippen molar-refractivity contribution >= 4 is 17.6 Å². The van der Waals surface area contributed by atoms with Gasteiger partial charge in [0.2, 0.25) is 0 Å². The van der Waals surface area contributed by atoms with E-state index < -0.39 is 18.0 Å². The van der Waals surface area contributed by atoms with Crippen molar-refractivity contribution in [3.05, 3.63) is 59.7 Å². The number of carbonyl (C=O) groups excluding carboxylic acids is 2. The summed E-state index contributed by atoms with van der Waals surface area (Å²) in [5.41, 5.74) is 7.47. The lowest BCUT2D eigenvalue weighted by Crippen LogP contribution is -2.48. The van der Waals surface area contributed by atoms with Crippen LogP contribution in [0.1, 0.15) is 18.1 Å². The first-order valence-electron chi connectivity index (χ1n) is 7.61. The van der Waals surface area contributed by atoms with E-state index in [1.165, 1.54) is 0 Å². The van der Waals surface area contributed by atoms with Gasteiger partial charge in [-0.05, 0) is 56.2 Å². The van der Waals surface area contributed by atoms with E-state index in [1.807, 2.05) is 38.1 Å². The summed E-state index contributed by atoms with van der Waals surface area (Å²) in [6.07, 6.45) is -0.746. The Morgan fingerprint density at radius 2 is 1.67 bits per heavy atom. The van der Waals surface area contributed by atoms with E-state index in [0.717, 1.165) is 11.1 Å². The topological polar surface area (TPSA) is 79.5 Å². The van der Waals surface area contributed by atoms with Crippen molar-refractivity contribution in [3.63, 3.8) is 0 Å². The number of nitrogens with one attached hydrogen (secondary N) is 3. The molecule has 0 fully saturated rings. The third-order valence-corrected chi connectivity index (χ3v) is 3.49. The molecule has 24 heavy (non-hydrogen) atoms. The average Bonchev–Trinajstić information content (AvgIpc) is 2.57. The monoisotopic (exact) mass is 327 g/mol. The highest BCUT2D eigenvalue weighted by molar-refractivity contribution is 5.91. The summed E-state index contributed by atoms with van der Waals surface area (Å²) in [4.78, 5) is 23.7. The predicted octanol–water partition coefficient (Wildman–Crippen LogP) is 2.92. The molecule has 2 aromatic carbocycles. The van der Waals surface area contributed by atoms with E-state index in [0.29, 0.717) is 11.4 Å². The van der Waals surface area contributed by atoms with E-state index in [4.69, 9.17) is 4.74 Å². The van der Waals surface area contributed by atoms with Crippen molar-refractivity contribution in [2.75, 3.05) is 5.32 Å². The third kappa shape index (κ3) is 5.01. The first kappa shape index (κ1) is 17.3. The molecule has 0 heterocycles. The zero-order chi connectivity index (χ0) is 17.5. The van der Waals surface area contributed by atoms with Crippen LogP contribution in [-0.4, -0.2) is 18.0 Å². The summed E-state index contributed by atoms with van der Waals surface area (Å²) in [6, 6.07) is 14.0. The fourth-order valence-electron chi connectivity index (χ4n) is 1.95. The number of benzene rings is 2. The Morgan fingerprint density at radius 3 is 2.33 bits per heavy atom. The molecule has 0 saturated carbocycles. The molecule has 0 aliphatic carbocycles. The molecule has 3 N–H and O–H groups in total. The minimum Gasteiger partial charge on any atom is -0.481 e. The lowest BCUT2D eigenvalue weighted by molar-refractivity contribution is -0.127. The van der Waals surface area contributed by atoms with Crippen LogP contribution < -0.4 is 20.9 Å². The van der Waals surface area contributed by atoms with Crippen LogP contribution >= 0.6 is 0 Å². The Labute approximate surface area is 141 Å². The van der Waals surface area contributed by atoms with Gasteiger partial charge in [0.15, 0.2) is 6.10 Å². The summed E-state index contributed by atoms with van der Waals surface area (Å²) in [6.45, 7) is 5.59. The highest BCUT2D eigenvalue weighted by atomic mass is 16.5. The van der Waals surface area contributed by atoms with E-state index >= 15 is 0 Å². The number of rotatable bonds is 4. The van der Waals surface area contributed by atoms with Crippen molar-refractivity contribution in [2.24, 2.45) is 0 Å². The molecule has 0 spiro atoms. The maximum Gasteiger partial charge on any atom is 0.337 e. The van der Waals surface area contributed by atoms with Gasteiger partial charge in [-0.15, -0.1) is 0 Å². The average molecular weight is 327 g/mol. The van der Waals surface area contributed by atoms with Gasteiger partial charge in [0.1, 0.15) is 5.75 Å². The fourth-order valence-corrected chi connectivity index (χ4v) is 1.95. The molecule has 0 aliphatic rings. The van der Waals surface area contributed by atoms with Gasteiger partial charge < -0.3 is 10.1 Å². The Balaban J connectivity index is 1.80. The molecule has 0 radical (unpaired) electrons. The van der Waals surface area contributed by atoms with Gasteiger partial charge in [0.25, 0.3) is 5.91 Å². The summed E-state index contributed by atoms with van der Waals surface area (Å²) in [5.74, 6) is 0.158. The maximum atomic E-state index is 12.0. The van der Waals surface area contributed by atoms with Crippen molar-refractivity contribution in [3.8, 4) is 5.75 Å². The molecular weight excluding hydrogens is 306 g/mol. The van der Waals surface area contributed by atoms with E-state index in [1.54, 1.807) is 31.2 Å². The standard InChI is InChI=1S/C18H21N3O3/c1-12-9-10-16(11-13(12)2)24-14(3)17(22)20-21-18(23)19-15-7-5-4-6-8-15/h4-11,14H,1-3H3,(H,20,22)(H2,19,21,23). The first-order chi connectivity index (χ1) is 11.5. The molecule has 6 nitrogen and oxygen atoms in total. The number of para-hydroxylation sites is 1. The molecular formula is C18H21N3O3. The van der Waals surface area contributed by atoms with Gasteiger partial charge in [-0.3, -0.25) is 10.2 Å². The lowest BCUT2D eigenvalue weighted by Gasteiger charge is -2.16. The van der Waals surface area contributed by atoms with Crippen molar-refractivity contribution in [1.82, 2.24) is 10.9 Å². The number of carbonyl (C=O) groups is 2. The minimum absolute atomic E-state index is 0.448. The van der Waals surface area contributed by atoms with Crippen LogP contribution in [0.4, 0.5) is 10.5 Å². The second kappa shape index (κ2) is 8.01. The molecule has 3 amide bonds.